The highest BCUT2D eigenvalue weighted by atomic mass is 16.5. The van der Waals surface area contributed by atoms with Gasteiger partial charge in [0.15, 0.2) is 0 Å². The molecule has 1 amide bonds. The van der Waals surface area contributed by atoms with Crippen LogP contribution in [-0.2, 0) is 0 Å². The Morgan fingerprint density at radius 2 is 1.31 bits per heavy atom. The van der Waals surface area contributed by atoms with Crippen molar-refractivity contribution >= 4 is 11.6 Å². The SMILES string of the molecule is COc1ccc(N2CCN(C(=O)c3cc(-c4ccccc4)nn3-c3ccc(OC)cc3)CC2)cc1. The largest absolute Gasteiger partial charge is 0.497 e. The van der Waals surface area contributed by atoms with Crippen molar-refractivity contribution in [3.8, 4) is 28.4 Å². The molecule has 35 heavy (non-hydrogen) atoms. The van der Waals surface area contributed by atoms with Gasteiger partial charge < -0.3 is 19.3 Å². The van der Waals surface area contributed by atoms with Gasteiger partial charge in [0, 0.05) is 37.4 Å². The molecule has 0 radical (unpaired) electrons. The third-order valence-electron chi connectivity index (χ3n) is 6.32. The number of piperazine rings is 1. The van der Waals surface area contributed by atoms with Gasteiger partial charge in [-0.15, -0.1) is 0 Å². The Morgan fingerprint density at radius 3 is 1.89 bits per heavy atom. The first kappa shape index (κ1) is 22.5. The Hall–Kier alpha value is -4.26. The van der Waals surface area contributed by atoms with Crippen molar-refractivity contribution in [2.24, 2.45) is 0 Å². The lowest BCUT2D eigenvalue weighted by Gasteiger charge is -2.36. The maximum Gasteiger partial charge on any atom is 0.272 e. The van der Waals surface area contributed by atoms with Gasteiger partial charge in [-0.1, -0.05) is 30.3 Å². The average molecular weight is 469 g/mol. The summed E-state index contributed by atoms with van der Waals surface area (Å²) in [5, 5.41) is 4.81. The van der Waals surface area contributed by atoms with Gasteiger partial charge >= 0.3 is 0 Å². The summed E-state index contributed by atoms with van der Waals surface area (Å²) in [4.78, 5) is 17.9. The molecule has 0 N–H and O–H groups in total. The van der Waals surface area contributed by atoms with E-state index in [-0.39, 0.29) is 5.91 Å². The number of ether oxygens (including phenoxy) is 2. The predicted molar refractivity (Wildman–Crippen MR) is 137 cm³/mol. The smallest absolute Gasteiger partial charge is 0.272 e. The fourth-order valence-corrected chi connectivity index (χ4v) is 4.33. The topological polar surface area (TPSA) is 59.8 Å². The van der Waals surface area contributed by atoms with Crippen molar-refractivity contribution in [2.45, 2.75) is 0 Å². The number of hydrogen-bond acceptors (Lipinski definition) is 5. The zero-order valence-electron chi connectivity index (χ0n) is 19.9. The summed E-state index contributed by atoms with van der Waals surface area (Å²) in [6.45, 7) is 2.80. The summed E-state index contributed by atoms with van der Waals surface area (Å²) in [6, 6.07) is 27.4. The van der Waals surface area contributed by atoms with Crippen LogP contribution < -0.4 is 14.4 Å². The maximum atomic E-state index is 13.7. The number of carbonyl (C=O) groups is 1. The quantitative estimate of drug-likeness (QED) is 0.417. The van der Waals surface area contributed by atoms with E-state index in [0.717, 1.165) is 47.2 Å². The standard InChI is InChI=1S/C28H28N4O3/c1-34-24-12-8-22(9-13-24)30-16-18-31(19-17-30)28(33)27-20-26(21-6-4-3-5-7-21)29-32(27)23-10-14-25(35-2)15-11-23/h3-15,20H,16-19H2,1-2H3. The molecule has 7 heteroatoms. The first-order valence-corrected chi connectivity index (χ1v) is 11.6. The zero-order chi connectivity index (χ0) is 24.2. The molecular weight excluding hydrogens is 440 g/mol. The maximum absolute atomic E-state index is 13.7. The molecule has 1 aromatic heterocycles. The van der Waals surface area contributed by atoms with Gasteiger partial charge in [-0.05, 0) is 54.6 Å². The minimum atomic E-state index is -0.0233. The summed E-state index contributed by atoms with van der Waals surface area (Å²) < 4.78 is 12.3. The number of benzene rings is 3. The third kappa shape index (κ3) is 4.71. The Labute approximate surface area is 205 Å². The van der Waals surface area contributed by atoms with Crippen molar-refractivity contribution < 1.29 is 14.3 Å². The zero-order valence-corrected chi connectivity index (χ0v) is 19.9. The van der Waals surface area contributed by atoms with Crippen molar-refractivity contribution in [1.29, 1.82) is 0 Å². The van der Waals surface area contributed by atoms with Crippen LogP contribution in [0, 0.1) is 0 Å². The van der Waals surface area contributed by atoms with E-state index in [1.807, 2.05) is 77.7 Å². The van der Waals surface area contributed by atoms with E-state index in [4.69, 9.17) is 14.6 Å². The molecule has 178 valence electrons. The molecule has 1 saturated heterocycles. The summed E-state index contributed by atoms with van der Waals surface area (Å²) in [6.07, 6.45) is 0. The highest BCUT2D eigenvalue weighted by molar-refractivity contribution is 5.94. The van der Waals surface area contributed by atoms with Crippen molar-refractivity contribution in [3.63, 3.8) is 0 Å². The highest BCUT2D eigenvalue weighted by Crippen LogP contribution is 2.25. The summed E-state index contributed by atoms with van der Waals surface area (Å²) >= 11 is 0. The molecule has 0 aliphatic carbocycles. The van der Waals surface area contributed by atoms with E-state index < -0.39 is 0 Å². The van der Waals surface area contributed by atoms with E-state index in [1.54, 1.807) is 18.9 Å². The normalized spacial score (nSPS) is 13.5. The van der Waals surface area contributed by atoms with Crippen LogP contribution in [0.2, 0.25) is 0 Å². The second kappa shape index (κ2) is 9.93. The van der Waals surface area contributed by atoms with Crippen molar-refractivity contribution in [2.75, 3.05) is 45.3 Å². The van der Waals surface area contributed by atoms with E-state index in [9.17, 15) is 4.79 Å². The van der Waals surface area contributed by atoms with Crippen molar-refractivity contribution in [3.05, 3.63) is 90.6 Å². The van der Waals surface area contributed by atoms with Crippen LogP contribution in [0.3, 0.4) is 0 Å². The van der Waals surface area contributed by atoms with Crippen LogP contribution in [-0.4, -0.2) is 61.0 Å². The fourth-order valence-electron chi connectivity index (χ4n) is 4.33. The lowest BCUT2D eigenvalue weighted by atomic mass is 10.1. The van der Waals surface area contributed by atoms with E-state index in [0.29, 0.717) is 18.8 Å². The van der Waals surface area contributed by atoms with Gasteiger partial charge in [-0.3, -0.25) is 4.79 Å². The lowest BCUT2D eigenvalue weighted by Crippen LogP contribution is -2.49. The van der Waals surface area contributed by atoms with E-state index in [1.165, 1.54) is 0 Å². The molecule has 0 unspecified atom stereocenters. The number of aromatic nitrogens is 2. The number of anilines is 1. The van der Waals surface area contributed by atoms with Gasteiger partial charge in [0.25, 0.3) is 5.91 Å². The van der Waals surface area contributed by atoms with Gasteiger partial charge in [0.1, 0.15) is 17.2 Å². The molecule has 1 aliphatic rings. The molecule has 0 spiro atoms. The summed E-state index contributed by atoms with van der Waals surface area (Å²) in [7, 11) is 3.30. The van der Waals surface area contributed by atoms with Gasteiger partial charge in [0.2, 0.25) is 0 Å². The van der Waals surface area contributed by atoms with Crippen LogP contribution in [0.15, 0.2) is 84.9 Å². The lowest BCUT2D eigenvalue weighted by molar-refractivity contribution is 0.0737. The van der Waals surface area contributed by atoms with Crippen LogP contribution >= 0.6 is 0 Å². The molecule has 0 saturated carbocycles. The molecule has 7 nitrogen and oxygen atoms in total. The molecule has 1 aliphatic heterocycles. The van der Waals surface area contributed by atoms with Crippen LogP contribution in [0.4, 0.5) is 5.69 Å². The Morgan fingerprint density at radius 1 is 0.743 bits per heavy atom. The minimum Gasteiger partial charge on any atom is -0.497 e. The molecule has 2 heterocycles. The molecule has 0 bridgehead atoms. The van der Waals surface area contributed by atoms with Crippen LogP contribution in [0.1, 0.15) is 10.5 Å². The first-order valence-electron chi connectivity index (χ1n) is 11.6. The second-order valence-electron chi connectivity index (χ2n) is 8.37. The molecule has 4 aromatic rings. The molecule has 0 atom stereocenters. The number of methoxy groups -OCH3 is 2. The van der Waals surface area contributed by atoms with E-state index in [2.05, 4.69) is 17.0 Å². The Balaban J connectivity index is 1.39. The van der Waals surface area contributed by atoms with Gasteiger partial charge in [-0.25, -0.2) is 4.68 Å². The third-order valence-corrected chi connectivity index (χ3v) is 6.32. The fraction of sp³-hybridized carbons (Fsp3) is 0.214. The minimum absolute atomic E-state index is 0.0233. The number of nitrogens with zero attached hydrogens (tertiary/aromatic N) is 4. The number of rotatable bonds is 6. The highest BCUT2D eigenvalue weighted by Gasteiger charge is 2.26. The number of amides is 1. The number of hydrogen-bond donors (Lipinski definition) is 0. The summed E-state index contributed by atoms with van der Waals surface area (Å²) in [5.74, 6) is 1.57. The first-order chi connectivity index (χ1) is 17.2. The average Bonchev–Trinajstić information content (AvgIpc) is 3.39. The predicted octanol–water partition coefficient (Wildman–Crippen LogP) is 4.52. The molecular formula is C28H28N4O3. The molecule has 1 fully saturated rings. The number of carbonyl (C=O) groups excluding carboxylic acids is 1. The second-order valence-corrected chi connectivity index (χ2v) is 8.37. The molecule has 5 rings (SSSR count). The van der Waals surface area contributed by atoms with Crippen LogP contribution in [0.5, 0.6) is 11.5 Å². The Bertz CT molecular complexity index is 1280. The summed E-state index contributed by atoms with van der Waals surface area (Å²) in [5.41, 5.74) is 4.23. The van der Waals surface area contributed by atoms with E-state index >= 15 is 0 Å². The van der Waals surface area contributed by atoms with Gasteiger partial charge in [0.05, 0.1) is 25.6 Å². The molecule has 3 aromatic carbocycles. The Kier molecular flexibility index (Phi) is 6.39. The van der Waals surface area contributed by atoms with Crippen molar-refractivity contribution in [1.82, 2.24) is 14.7 Å². The van der Waals surface area contributed by atoms with Gasteiger partial charge in [-0.2, -0.15) is 5.10 Å². The van der Waals surface area contributed by atoms with Crippen LogP contribution in [0.25, 0.3) is 16.9 Å². The monoisotopic (exact) mass is 468 g/mol.